The van der Waals surface area contributed by atoms with Crippen LogP contribution in [0, 0.1) is 5.92 Å². The molecule has 6 heteroatoms. The highest BCUT2D eigenvalue weighted by Crippen LogP contribution is 2.30. The second-order valence-electron chi connectivity index (χ2n) is 7.00. The number of rotatable bonds is 3. The van der Waals surface area contributed by atoms with Gasteiger partial charge in [-0.05, 0) is 42.5 Å². The molecule has 0 spiro atoms. The fourth-order valence-corrected chi connectivity index (χ4v) is 4.97. The molecule has 2 heterocycles. The molecule has 4 nitrogen and oxygen atoms in total. The number of fused-ring (bicyclic) bond motifs is 1. The molecule has 1 aliphatic heterocycles. The number of hydrogen-bond donors (Lipinski definition) is 1. The van der Waals surface area contributed by atoms with Crippen molar-refractivity contribution < 1.29 is 9.59 Å². The Morgan fingerprint density at radius 1 is 1.12 bits per heavy atom. The zero-order chi connectivity index (χ0) is 18.1. The zero-order valence-corrected chi connectivity index (χ0v) is 16.0. The van der Waals surface area contributed by atoms with E-state index in [-0.39, 0.29) is 23.8 Å². The Balaban J connectivity index is 1.43. The summed E-state index contributed by atoms with van der Waals surface area (Å²) in [5, 5.41) is 3.06. The molecule has 2 aromatic rings. The van der Waals surface area contributed by atoms with Crippen LogP contribution in [0.2, 0.25) is 4.34 Å². The van der Waals surface area contributed by atoms with Crippen molar-refractivity contribution in [2.45, 2.75) is 38.3 Å². The Hall–Kier alpha value is -1.85. The highest BCUT2D eigenvalue weighted by atomic mass is 35.5. The molecule has 1 saturated carbocycles. The molecule has 2 atom stereocenters. The van der Waals surface area contributed by atoms with E-state index in [9.17, 15) is 9.59 Å². The first-order valence-electron chi connectivity index (χ1n) is 9.03. The SMILES string of the molecule is O=C(N[C@@H]1CCC[C@@H]1C(=O)N1CCc2ccccc2C1)c1ccc(Cl)s1. The smallest absolute Gasteiger partial charge is 0.261 e. The Morgan fingerprint density at radius 3 is 2.69 bits per heavy atom. The third-order valence-corrected chi connectivity index (χ3v) is 6.62. The van der Waals surface area contributed by atoms with Crippen molar-refractivity contribution in [1.29, 1.82) is 0 Å². The Morgan fingerprint density at radius 2 is 1.92 bits per heavy atom. The molecule has 1 aliphatic carbocycles. The molecule has 0 saturated heterocycles. The largest absolute Gasteiger partial charge is 0.348 e. The van der Waals surface area contributed by atoms with E-state index in [2.05, 4.69) is 23.5 Å². The summed E-state index contributed by atoms with van der Waals surface area (Å²) in [6.45, 7) is 1.43. The van der Waals surface area contributed by atoms with Crippen molar-refractivity contribution in [3.8, 4) is 0 Å². The van der Waals surface area contributed by atoms with Crippen LogP contribution in [0.25, 0.3) is 0 Å². The summed E-state index contributed by atoms with van der Waals surface area (Å²) in [4.78, 5) is 28.1. The predicted molar refractivity (Wildman–Crippen MR) is 103 cm³/mol. The molecule has 1 fully saturated rings. The van der Waals surface area contributed by atoms with Crippen molar-refractivity contribution in [2.75, 3.05) is 6.54 Å². The molecule has 1 aromatic heterocycles. The molecular formula is C20H21ClN2O2S. The van der Waals surface area contributed by atoms with E-state index in [0.717, 1.165) is 32.2 Å². The highest BCUT2D eigenvalue weighted by Gasteiger charge is 2.37. The predicted octanol–water partition coefficient (Wildman–Crippen LogP) is 3.88. The van der Waals surface area contributed by atoms with E-state index >= 15 is 0 Å². The minimum absolute atomic E-state index is 0.0898. The van der Waals surface area contributed by atoms with Crippen molar-refractivity contribution in [3.05, 3.63) is 56.7 Å². The van der Waals surface area contributed by atoms with Gasteiger partial charge in [0.2, 0.25) is 5.91 Å². The van der Waals surface area contributed by atoms with Crippen LogP contribution in [0.4, 0.5) is 0 Å². The number of benzene rings is 1. The monoisotopic (exact) mass is 388 g/mol. The number of thiophene rings is 1. The van der Waals surface area contributed by atoms with Crippen molar-refractivity contribution in [2.24, 2.45) is 5.92 Å². The maximum Gasteiger partial charge on any atom is 0.261 e. The first kappa shape index (κ1) is 17.6. The number of hydrogen-bond acceptors (Lipinski definition) is 3. The van der Waals surface area contributed by atoms with Gasteiger partial charge >= 0.3 is 0 Å². The van der Waals surface area contributed by atoms with Gasteiger partial charge in [-0.3, -0.25) is 9.59 Å². The van der Waals surface area contributed by atoms with Gasteiger partial charge in [-0.1, -0.05) is 42.3 Å². The maximum absolute atomic E-state index is 13.1. The van der Waals surface area contributed by atoms with Crippen LogP contribution in [-0.4, -0.2) is 29.3 Å². The fourth-order valence-electron chi connectivity index (χ4n) is 4.02. The van der Waals surface area contributed by atoms with E-state index in [1.165, 1.54) is 22.5 Å². The maximum atomic E-state index is 13.1. The van der Waals surface area contributed by atoms with Crippen LogP contribution in [-0.2, 0) is 17.8 Å². The van der Waals surface area contributed by atoms with Gasteiger partial charge < -0.3 is 10.2 Å². The minimum atomic E-state index is -0.129. The topological polar surface area (TPSA) is 49.4 Å². The Kier molecular flexibility index (Phi) is 5.00. The number of amides is 2. The zero-order valence-electron chi connectivity index (χ0n) is 14.4. The summed E-state index contributed by atoms with van der Waals surface area (Å²) in [5.41, 5.74) is 2.57. The number of nitrogens with one attached hydrogen (secondary N) is 1. The number of carbonyl (C=O) groups excluding carboxylic acids is 2. The summed E-state index contributed by atoms with van der Waals surface area (Å²) >= 11 is 7.19. The number of nitrogens with zero attached hydrogens (tertiary/aromatic N) is 1. The Labute approximate surface area is 162 Å². The molecule has 1 N–H and O–H groups in total. The number of halogens is 1. The molecule has 136 valence electrons. The normalized spacial score (nSPS) is 22.1. The van der Waals surface area contributed by atoms with Crippen LogP contribution in [0.5, 0.6) is 0 Å². The van der Waals surface area contributed by atoms with Gasteiger partial charge in [0.25, 0.3) is 5.91 Å². The quantitative estimate of drug-likeness (QED) is 0.867. The summed E-state index contributed by atoms with van der Waals surface area (Å²) in [7, 11) is 0. The van der Waals surface area contributed by atoms with Gasteiger partial charge in [-0.25, -0.2) is 0 Å². The van der Waals surface area contributed by atoms with Crippen LogP contribution >= 0.6 is 22.9 Å². The fraction of sp³-hybridized carbons (Fsp3) is 0.400. The van der Waals surface area contributed by atoms with Crippen LogP contribution in [0.1, 0.15) is 40.1 Å². The molecule has 0 unspecified atom stereocenters. The van der Waals surface area contributed by atoms with Crippen molar-refractivity contribution >= 4 is 34.8 Å². The van der Waals surface area contributed by atoms with Crippen molar-refractivity contribution in [3.63, 3.8) is 0 Å². The van der Waals surface area contributed by atoms with Gasteiger partial charge in [0, 0.05) is 19.1 Å². The van der Waals surface area contributed by atoms with Crippen LogP contribution in [0.15, 0.2) is 36.4 Å². The first-order chi connectivity index (χ1) is 12.6. The van der Waals surface area contributed by atoms with E-state index < -0.39 is 0 Å². The molecule has 2 amide bonds. The van der Waals surface area contributed by atoms with E-state index in [4.69, 9.17) is 11.6 Å². The molecule has 0 radical (unpaired) electrons. The van der Waals surface area contributed by atoms with Gasteiger partial charge in [0.15, 0.2) is 0 Å². The van der Waals surface area contributed by atoms with Gasteiger partial charge in [0.05, 0.1) is 15.1 Å². The summed E-state index contributed by atoms with van der Waals surface area (Å²) in [6, 6.07) is 11.7. The second kappa shape index (κ2) is 7.41. The van der Waals surface area contributed by atoms with E-state index in [1.54, 1.807) is 12.1 Å². The third kappa shape index (κ3) is 3.51. The molecule has 4 rings (SSSR count). The highest BCUT2D eigenvalue weighted by molar-refractivity contribution is 7.18. The first-order valence-corrected chi connectivity index (χ1v) is 10.2. The second-order valence-corrected chi connectivity index (χ2v) is 8.71. The van der Waals surface area contributed by atoms with Crippen LogP contribution in [0.3, 0.4) is 0 Å². The van der Waals surface area contributed by atoms with Gasteiger partial charge in [0.1, 0.15) is 0 Å². The van der Waals surface area contributed by atoms with Gasteiger partial charge in [-0.15, -0.1) is 11.3 Å². The summed E-state index contributed by atoms with van der Waals surface area (Å²) in [6.07, 6.45) is 3.56. The minimum Gasteiger partial charge on any atom is -0.348 e. The number of carbonyl (C=O) groups is 2. The molecule has 26 heavy (non-hydrogen) atoms. The third-order valence-electron chi connectivity index (χ3n) is 5.39. The molecular weight excluding hydrogens is 368 g/mol. The Bertz CT molecular complexity index is 835. The standard InChI is InChI=1S/C20H21ClN2O2S/c21-18-9-8-17(26-18)19(24)22-16-7-3-6-15(16)20(25)23-11-10-13-4-1-2-5-14(13)12-23/h1-2,4-5,8-9,15-16H,3,6-7,10-12H2,(H,22,24)/t15-,16+/m0/s1. The van der Waals surface area contributed by atoms with Crippen LogP contribution < -0.4 is 5.32 Å². The molecule has 0 bridgehead atoms. The van der Waals surface area contributed by atoms with Crippen molar-refractivity contribution in [1.82, 2.24) is 10.2 Å². The lowest BCUT2D eigenvalue weighted by Gasteiger charge is -2.32. The van der Waals surface area contributed by atoms with E-state index in [1.807, 2.05) is 11.0 Å². The lowest BCUT2D eigenvalue weighted by molar-refractivity contribution is -0.136. The molecule has 1 aromatic carbocycles. The molecule has 2 aliphatic rings. The average molecular weight is 389 g/mol. The average Bonchev–Trinajstić information content (AvgIpc) is 3.29. The van der Waals surface area contributed by atoms with E-state index in [0.29, 0.717) is 15.8 Å². The lowest BCUT2D eigenvalue weighted by atomic mass is 9.96. The van der Waals surface area contributed by atoms with Gasteiger partial charge in [-0.2, -0.15) is 0 Å². The summed E-state index contributed by atoms with van der Waals surface area (Å²) in [5.74, 6) is -0.0817. The lowest BCUT2D eigenvalue weighted by Crippen LogP contribution is -2.46. The summed E-state index contributed by atoms with van der Waals surface area (Å²) < 4.78 is 0.598.